The van der Waals surface area contributed by atoms with E-state index in [2.05, 4.69) is 26.1 Å². The van der Waals surface area contributed by atoms with Crippen LogP contribution in [-0.4, -0.2) is 6.54 Å². The van der Waals surface area contributed by atoms with Gasteiger partial charge in [0.1, 0.15) is 5.82 Å². The summed E-state index contributed by atoms with van der Waals surface area (Å²) in [5, 5.41) is 3.28. The molecule has 84 valence electrons. The van der Waals surface area contributed by atoms with Gasteiger partial charge in [-0.25, -0.2) is 4.39 Å². The highest BCUT2D eigenvalue weighted by Gasteiger charge is 2.06. The van der Waals surface area contributed by atoms with Crippen LogP contribution < -0.4 is 5.32 Å². The summed E-state index contributed by atoms with van der Waals surface area (Å²) in [6, 6.07) is 6.91. The lowest BCUT2D eigenvalue weighted by Gasteiger charge is -2.16. The number of rotatable bonds is 5. The zero-order valence-corrected chi connectivity index (χ0v) is 9.76. The van der Waals surface area contributed by atoms with Crippen molar-refractivity contribution in [1.82, 2.24) is 5.32 Å². The van der Waals surface area contributed by atoms with Gasteiger partial charge in [0.15, 0.2) is 0 Å². The van der Waals surface area contributed by atoms with Gasteiger partial charge in [0, 0.05) is 12.1 Å². The van der Waals surface area contributed by atoms with Gasteiger partial charge in [-0.2, -0.15) is 0 Å². The lowest BCUT2D eigenvalue weighted by molar-refractivity contribution is 0.391. The molecule has 15 heavy (non-hydrogen) atoms. The zero-order chi connectivity index (χ0) is 11.3. The van der Waals surface area contributed by atoms with Crippen molar-refractivity contribution in [2.24, 2.45) is 11.8 Å². The Kier molecular flexibility index (Phi) is 4.76. The van der Waals surface area contributed by atoms with Crippen molar-refractivity contribution >= 4 is 0 Å². The van der Waals surface area contributed by atoms with Crippen LogP contribution in [0.5, 0.6) is 0 Å². The number of halogens is 1. The van der Waals surface area contributed by atoms with Crippen LogP contribution >= 0.6 is 0 Å². The van der Waals surface area contributed by atoms with Crippen LogP contribution in [0.2, 0.25) is 0 Å². The van der Waals surface area contributed by atoms with Gasteiger partial charge < -0.3 is 5.32 Å². The second-order valence-electron chi connectivity index (χ2n) is 4.44. The minimum absolute atomic E-state index is 0.123. The van der Waals surface area contributed by atoms with E-state index in [0.29, 0.717) is 18.4 Å². The van der Waals surface area contributed by atoms with E-state index >= 15 is 0 Å². The second-order valence-corrected chi connectivity index (χ2v) is 4.44. The smallest absolute Gasteiger partial charge is 0.127 e. The summed E-state index contributed by atoms with van der Waals surface area (Å²) < 4.78 is 13.2. The molecule has 0 aliphatic rings. The molecule has 0 aliphatic heterocycles. The SMILES string of the molecule is CC(C)[C@@H](C)CNCc1ccccc1F. The first-order valence-electron chi connectivity index (χ1n) is 5.55. The van der Waals surface area contributed by atoms with Gasteiger partial charge in [0.25, 0.3) is 0 Å². The van der Waals surface area contributed by atoms with Crippen molar-refractivity contribution in [2.45, 2.75) is 27.3 Å². The minimum atomic E-state index is -0.123. The van der Waals surface area contributed by atoms with Crippen molar-refractivity contribution in [3.8, 4) is 0 Å². The Balaban J connectivity index is 2.35. The van der Waals surface area contributed by atoms with Crippen LogP contribution in [0.15, 0.2) is 24.3 Å². The van der Waals surface area contributed by atoms with Gasteiger partial charge >= 0.3 is 0 Å². The molecule has 0 amide bonds. The first-order valence-corrected chi connectivity index (χ1v) is 5.55. The van der Waals surface area contributed by atoms with Gasteiger partial charge in [-0.05, 0) is 24.4 Å². The Labute approximate surface area is 91.7 Å². The maximum atomic E-state index is 13.2. The molecular weight excluding hydrogens is 189 g/mol. The summed E-state index contributed by atoms with van der Waals surface area (Å²) in [5.74, 6) is 1.16. The molecule has 1 N–H and O–H groups in total. The molecule has 0 saturated carbocycles. The zero-order valence-electron chi connectivity index (χ0n) is 9.76. The van der Waals surface area contributed by atoms with Crippen LogP contribution in [-0.2, 0) is 6.54 Å². The average molecular weight is 209 g/mol. The van der Waals surface area contributed by atoms with Crippen molar-refractivity contribution in [3.05, 3.63) is 35.6 Å². The summed E-state index contributed by atoms with van der Waals surface area (Å²) in [7, 11) is 0. The van der Waals surface area contributed by atoms with Crippen LogP contribution in [0.4, 0.5) is 4.39 Å². The molecule has 1 rings (SSSR count). The lowest BCUT2D eigenvalue weighted by atomic mass is 9.98. The van der Waals surface area contributed by atoms with Gasteiger partial charge in [-0.1, -0.05) is 39.0 Å². The Hall–Kier alpha value is -0.890. The third-order valence-corrected chi connectivity index (χ3v) is 2.88. The van der Waals surface area contributed by atoms with Gasteiger partial charge in [-0.3, -0.25) is 0 Å². The average Bonchev–Trinajstić information content (AvgIpc) is 2.20. The van der Waals surface area contributed by atoms with Crippen LogP contribution in [0, 0.1) is 17.7 Å². The molecule has 0 aromatic heterocycles. The Bertz CT molecular complexity index is 296. The standard InChI is InChI=1S/C13H20FN/c1-10(2)11(3)8-15-9-12-6-4-5-7-13(12)14/h4-7,10-11,15H,8-9H2,1-3H3/t11-/m0/s1. The van der Waals surface area contributed by atoms with Crippen LogP contribution in [0.25, 0.3) is 0 Å². The third-order valence-electron chi connectivity index (χ3n) is 2.88. The Morgan fingerprint density at radius 2 is 1.87 bits per heavy atom. The Morgan fingerprint density at radius 3 is 2.47 bits per heavy atom. The highest BCUT2D eigenvalue weighted by atomic mass is 19.1. The minimum Gasteiger partial charge on any atom is -0.312 e. The highest BCUT2D eigenvalue weighted by molar-refractivity contribution is 5.16. The largest absolute Gasteiger partial charge is 0.312 e. The topological polar surface area (TPSA) is 12.0 Å². The van der Waals surface area contributed by atoms with Crippen LogP contribution in [0.3, 0.4) is 0 Å². The maximum absolute atomic E-state index is 13.2. The van der Waals surface area contributed by atoms with Crippen molar-refractivity contribution in [2.75, 3.05) is 6.54 Å². The molecule has 1 nitrogen and oxygen atoms in total. The summed E-state index contributed by atoms with van der Waals surface area (Å²) in [6.07, 6.45) is 0. The normalized spacial score (nSPS) is 13.1. The highest BCUT2D eigenvalue weighted by Crippen LogP contribution is 2.09. The molecule has 0 bridgehead atoms. The fraction of sp³-hybridized carbons (Fsp3) is 0.538. The fourth-order valence-corrected chi connectivity index (χ4v) is 1.31. The number of benzene rings is 1. The predicted molar refractivity (Wildman–Crippen MR) is 62.1 cm³/mol. The number of hydrogen-bond acceptors (Lipinski definition) is 1. The van der Waals surface area contributed by atoms with E-state index < -0.39 is 0 Å². The van der Waals surface area contributed by atoms with Gasteiger partial charge in [-0.15, -0.1) is 0 Å². The molecule has 0 fully saturated rings. The van der Waals surface area contributed by atoms with E-state index in [1.54, 1.807) is 6.07 Å². The van der Waals surface area contributed by atoms with Gasteiger partial charge in [0.05, 0.1) is 0 Å². The molecule has 0 saturated heterocycles. The third kappa shape index (κ3) is 4.00. The Morgan fingerprint density at radius 1 is 1.20 bits per heavy atom. The summed E-state index contributed by atoms with van der Waals surface area (Å²) in [6.45, 7) is 8.17. The molecule has 1 aromatic carbocycles. The molecule has 0 aliphatic carbocycles. The second kappa shape index (κ2) is 5.86. The lowest BCUT2D eigenvalue weighted by Crippen LogP contribution is -2.24. The number of nitrogens with one attached hydrogen (secondary N) is 1. The predicted octanol–water partition coefficient (Wildman–Crippen LogP) is 3.21. The summed E-state index contributed by atoms with van der Waals surface area (Å²) in [5.41, 5.74) is 0.744. The van der Waals surface area contributed by atoms with E-state index in [1.165, 1.54) is 6.07 Å². The van der Waals surface area contributed by atoms with E-state index in [-0.39, 0.29) is 5.82 Å². The van der Waals surface area contributed by atoms with Crippen molar-refractivity contribution < 1.29 is 4.39 Å². The number of hydrogen-bond donors (Lipinski definition) is 1. The first kappa shape index (κ1) is 12.2. The molecule has 0 heterocycles. The van der Waals surface area contributed by atoms with E-state index in [0.717, 1.165) is 12.1 Å². The van der Waals surface area contributed by atoms with Crippen LogP contribution in [0.1, 0.15) is 26.3 Å². The summed E-state index contributed by atoms with van der Waals surface area (Å²) in [4.78, 5) is 0. The quantitative estimate of drug-likeness (QED) is 0.785. The van der Waals surface area contributed by atoms with E-state index in [1.807, 2.05) is 12.1 Å². The monoisotopic (exact) mass is 209 g/mol. The molecule has 0 unspecified atom stereocenters. The molecule has 0 spiro atoms. The van der Waals surface area contributed by atoms with Gasteiger partial charge in [0.2, 0.25) is 0 Å². The first-order chi connectivity index (χ1) is 7.11. The molecule has 1 aromatic rings. The van der Waals surface area contributed by atoms with E-state index in [9.17, 15) is 4.39 Å². The molecule has 2 heteroatoms. The molecular formula is C13H20FN. The molecule has 1 atom stereocenters. The van der Waals surface area contributed by atoms with Crippen molar-refractivity contribution in [3.63, 3.8) is 0 Å². The van der Waals surface area contributed by atoms with Crippen molar-refractivity contribution in [1.29, 1.82) is 0 Å². The van der Waals surface area contributed by atoms with E-state index in [4.69, 9.17) is 0 Å². The summed E-state index contributed by atoms with van der Waals surface area (Å²) >= 11 is 0. The molecule has 0 radical (unpaired) electrons. The maximum Gasteiger partial charge on any atom is 0.127 e. The fourth-order valence-electron chi connectivity index (χ4n) is 1.31.